The summed E-state index contributed by atoms with van der Waals surface area (Å²) in [5, 5.41) is 12.3. The lowest BCUT2D eigenvalue weighted by Gasteiger charge is -2.14. The minimum atomic E-state index is -0.393. The van der Waals surface area contributed by atoms with Gasteiger partial charge in [-0.25, -0.2) is 4.39 Å². The fourth-order valence-electron chi connectivity index (χ4n) is 2.64. The average Bonchev–Trinajstić information content (AvgIpc) is 3.06. The van der Waals surface area contributed by atoms with Crippen molar-refractivity contribution < 1.29 is 13.9 Å². The third-order valence-corrected chi connectivity index (χ3v) is 5.66. The molecule has 1 aromatic heterocycles. The molecule has 2 aromatic carbocycles. The summed E-state index contributed by atoms with van der Waals surface area (Å²) in [5.41, 5.74) is 1.50. The fourth-order valence-corrected chi connectivity index (χ4v) is 3.53. The lowest BCUT2D eigenvalue weighted by molar-refractivity contribution is -0.113. The second-order valence-electron chi connectivity index (χ2n) is 6.36. The zero-order valence-corrected chi connectivity index (χ0v) is 17.7. The smallest absolute Gasteiger partial charge is 0.234 e. The van der Waals surface area contributed by atoms with Crippen LogP contribution in [0.1, 0.15) is 24.4 Å². The van der Waals surface area contributed by atoms with Gasteiger partial charge in [0.25, 0.3) is 0 Å². The van der Waals surface area contributed by atoms with Gasteiger partial charge in [-0.05, 0) is 55.8 Å². The van der Waals surface area contributed by atoms with E-state index in [4.69, 9.17) is 16.3 Å². The first kappa shape index (κ1) is 21.1. The molecule has 1 unspecified atom stereocenters. The van der Waals surface area contributed by atoms with Gasteiger partial charge in [0, 0.05) is 17.8 Å². The van der Waals surface area contributed by atoms with Gasteiger partial charge in [-0.3, -0.25) is 4.79 Å². The van der Waals surface area contributed by atoms with E-state index in [-0.39, 0.29) is 17.5 Å². The Morgan fingerprint density at radius 2 is 2.00 bits per heavy atom. The van der Waals surface area contributed by atoms with Crippen LogP contribution in [0.25, 0.3) is 0 Å². The Bertz CT molecular complexity index is 1010. The molecule has 29 heavy (non-hydrogen) atoms. The van der Waals surface area contributed by atoms with E-state index in [1.54, 1.807) is 41.9 Å². The SMILES string of the molecule is Cc1c(Cl)cccc1NC(=O)CSc1nnc(C(C)Oc2ccc(F)cc2)n1C. The van der Waals surface area contributed by atoms with Crippen LogP contribution in [-0.4, -0.2) is 26.4 Å². The first-order chi connectivity index (χ1) is 13.8. The van der Waals surface area contributed by atoms with Crippen LogP contribution < -0.4 is 10.1 Å². The minimum Gasteiger partial charge on any atom is -0.483 e. The number of nitrogens with zero attached hydrogens (tertiary/aromatic N) is 3. The first-order valence-corrected chi connectivity index (χ1v) is 10.2. The summed E-state index contributed by atoms with van der Waals surface area (Å²) in [5.74, 6) is 0.815. The summed E-state index contributed by atoms with van der Waals surface area (Å²) in [4.78, 5) is 12.3. The molecule has 0 saturated carbocycles. The predicted molar refractivity (Wildman–Crippen MR) is 112 cm³/mol. The van der Waals surface area contributed by atoms with Crippen LogP contribution in [-0.2, 0) is 11.8 Å². The summed E-state index contributed by atoms with van der Waals surface area (Å²) < 4.78 is 20.6. The third-order valence-electron chi connectivity index (χ3n) is 4.23. The van der Waals surface area contributed by atoms with E-state index in [0.717, 1.165) is 5.56 Å². The van der Waals surface area contributed by atoms with E-state index in [0.29, 0.717) is 27.4 Å². The number of hydrogen-bond acceptors (Lipinski definition) is 5. The number of aromatic nitrogens is 3. The van der Waals surface area contributed by atoms with Gasteiger partial charge in [0.2, 0.25) is 5.91 Å². The highest BCUT2D eigenvalue weighted by Crippen LogP contribution is 2.25. The molecule has 1 N–H and O–H groups in total. The van der Waals surface area contributed by atoms with Crippen molar-refractivity contribution >= 4 is 35.0 Å². The molecule has 3 rings (SSSR count). The van der Waals surface area contributed by atoms with E-state index < -0.39 is 6.10 Å². The van der Waals surface area contributed by atoms with Crippen molar-refractivity contribution in [3.05, 3.63) is 64.7 Å². The molecule has 0 radical (unpaired) electrons. The van der Waals surface area contributed by atoms with Gasteiger partial charge in [-0.15, -0.1) is 10.2 Å². The van der Waals surface area contributed by atoms with E-state index in [9.17, 15) is 9.18 Å². The van der Waals surface area contributed by atoms with E-state index in [1.165, 1.54) is 23.9 Å². The number of nitrogens with one attached hydrogen (secondary N) is 1. The first-order valence-electron chi connectivity index (χ1n) is 8.84. The molecule has 0 spiro atoms. The molecule has 9 heteroatoms. The molecule has 1 amide bonds. The van der Waals surface area contributed by atoms with Crippen molar-refractivity contribution in [3.8, 4) is 5.75 Å². The Balaban J connectivity index is 1.59. The molecule has 0 fully saturated rings. The van der Waals surface area contributed by atoms with Crippen LogP contribution in [0.3, 0.4) is 0 Å². The number of anilines is 1. The molecular formula is C20H20ClFN4O2S. The number of halogens is 2. The van der Waals surface area contributed by atoms with Crippen LogP contribution in [0.4, 0.5) is 10.1 Å². The molecule has 1 heterocycles. The normalized spacial score (nSPS) is 11.9. The average molecular weight is 435 g/mol. The fraction of sp³-hybridized carbons (Fsp3) is 0.250. The van der Waals surface area contributed by atoms with E-state index in [2.05, 4.69) is 15.5 Å². The van der Waals surface area contributed by atoms with Crippen LogP contribution in [0.2, 0.25) is 5.02 Å². The highest BCUT2D eigenvalue weighted by atomic mass is 35.5. The lowest BCUT2D eigenvalue weighted by atomic mass is 10.2. The third kappa shape index (κ3) is 5.27. The summed E-state index contributed by atoms with van der Waals surface area (Å²) >= 11 is 7.35. The van der Waals surface area contributed by atoms with Crippen molar-refractivity contribution in [2.45, 2.75) is 25.1 Å². The quantitative estimate of drug-likeness (QED) is 0.541. The van der Waals surface area contributed by atoms with Gasteiger partial charge >= 0.3 is 0 Å². The predicted octanol–water partition coefficient (Wildman–Crippen LogP) is 4.79. The van der Waals surface area contributed by atoms with Gasteiger partial charge < -0.3 is 14.6 Å². The van der Waals surface area contributed by atoms with Crippen LogP contribution >= 0.6 is 23.4 Å². The van der Waals surface area contributed by atoms with Gasteiger partial charge in [0.1, 0.15) is 11.6 Å². The lowest BCUT2D eigenvalue weighted by Crippen LogP contribution is -2.15. The highest BCUT2D eigenvalue weighted by Gasteiger charge is 2.18. The van der Waals surface area contributed by atoms with Crippen molar-refractivity contribution in [1.29, 1.82) is 0 Å². The Hall–Kier alpha value is -2.58. The van der Waals surface area contributed by atoms with Crippen LogP contribution in [0.5, 0.6) is 5.75 Å². The van der Waals surface area contributed by atoms with Gasteiger partial charge in [-0.1, -0.05) is 29.4 Å². The number of carbonyl (C=O) groups is 1. The minimum absolute atomic E-state index is 0.166. The largest absolute Gasteiger partial charge is 0.483 e. The summed E-state index contributed by atoms with van der Waals surface area (Å²) in [6.07, 6.45) is -0.393. The highest BCUT2D eigenvalue weighted by molar-refractivity contribution is 7.99. The van der Waals surface area contributed by atoms with E-state index in [1.807, 2.05) is 13.8 Å². The number of rotatable bonds is 7. The second-order valence-corrected chi connectivity index (χ2v) is 7.71. The zero-order chi connectivity index (χ0) is 21.0. The Kier molecular flexibility index (Phi) is 6.76. The number of amides is 1. The number of hydrogen-bond donors (Lipinski definition) is 1. The molecule has 0 aliphatic rings. The van der Waals surface area contributed by atoms with Gasteiger partial charge in [-0.2, -0.15) is 0 Å². The molecule has 0 bridgehead atoms. The Labute approximate surface area is 177 Å². The number of thioether (sulfide) groups is 1. The summed E-state index contributed by atoms with van der Waals surface area (Å²) in [6, 6.07) is 11.1. The number of carbonyl (C=O) groups excluding carboxylic acids is 1. The molecule has 152 valence electrons. The number of ether oxygens (including phenoxy) is 1. The topological polar surface area (TPSA) is 69.0 Å². The Morgan fingerprint density at radius 1 is 1.28 bits per heavy atom. The zero-order valence-electron chi connectivity index (χ0n) is 16.1. The molecule has 6 nitrogen and oxygen atoms in total. The molecular weight excluding hydrogens is 415 g/mol. The monoisotopic (exact) mass is 434 g/mol. The summed E-state index contributed by atoms with van der Waals surface area (Å²) in [7, 11) is 1.81. The second kappa shape index (κ2) is 9.28. The molecule has 1 atom stereocenters. The molecule has 0 aliphatic carbocycles. The maximum Gasteiger partial charge on any atom is 0.234 e. The molecule has 0 aliphatic heterocycles. The molecule has 0 saturated heterocycles. The standard InChI is InChI=1S/C20H20ClFN4O2S/c1-12-16(21)5-4-6-17(12)23-18(27)11-29-20-25-24-19(26(20)3)13(2)28-15-9-7-14(22)8-10-15/h4-10,13H,11H2,1-3H3,(H,23,27). The van der Waals surface area contributed by atoms with Crippen molar-refractivity contribution in [1.82, 2.24) is 14.8 Å². The van der Waals surface area contributed by atoms with E-state index >= 15 is 0 Å². The summed E-state index contributed by atoms with van der Waals surface area (Å²) in [6.45, 7) is 3.68. The maximum atomic E-state index is 13.0. The van der Waals surface area contributed by atoms with Gasteiger partial charge in [0.05, 0.1) is 5.75 Å². The van der Waals surface area contributed by atoms with Gasteiger partial charge in [0.15, 0.2) is 17.1 Å². The van der Waals surface area contributed by atoms with Crippen molar-refractivity contribution in [3.63, 3.8) is 0 Å². The van der Waals surface area contributed by atoms with Crippen LogP contribution in [0, 0.1) is 12.7 Å². The maximum absolute atomic E-state index is 13.0. The van der Waals surface area contributed by atoms with Crippen molar-refractivity contribution in [2.24, 2.45) is 7.05 Å². The van der Waals surface area contributed by atoms with Crippen molar-refractivity contribution in [2.75, 3.05) is 11.1 Å². The molecule has 3 aromatic rings. The Morgan fingerprint density at radius 3 is 2.72 bits per heavy atom. The number of benzene rings is 2. The van der Waals surface area contributed by atoms with Crippen LogP contribution in [0.15, 0.2) is 47.6 Å².